The summed E-state index contributed by atoms with van der Waals surface area (Å²) in [5.74, 6) is 1.31. The molecule has 1 aliphatic carbocycles. The number of aliphatic hydroxyl groups excluding tert-OH is 1. The summed E-state index contributed by atoms with van der Waals surface area (Å²) in [7, 11) is -1.34. The van der Waals surface area contributed by atoms with Gasteiger partial charge in [0.05, 0.1) is 25.3 Å². The van der Waals surface area contributed by atoms with Crippen molar-refractivity contribution in [2.45, 2.75) is 45.3 Å². The van der Waals surface area contributed by atoms with Crippen molar-refractivity contribution in [2.24, 2.45) is 11.8 Å². The fraction of sp³-hybridized carbons (Fsp3) is 0.682. The minimum Gasteiger partial charge on any atom is -0.488 e. The summed E-state index contributed by atoms with van der Waals surface area (Å²) < 4.78 is 32.2. The van der Waals surface area contributed by atoms with E-state index in [2.05, 4.69) is 23.6 Å². The highest BCUT2D eigenvalue weighted by atomic mass is 32.2. The van der Waals surface area contributed by atoms with Gasteiger partial charge in [0, 0.05) is 36.8 Å². The summed E-state index contributed by atoms with van der Waals surface area (Å²) >= 11 is 0. The Hall–Kier alpha value is -1.84. The van der Waals surface area contributed by atoms with Crippen molar-refractivity contribution in [3.05, 3.63) is 23.8 Å². The van der Waals surface area contributed by atoms with Crippen molar-refractivity contribution in [1.82, 2.24) is 9.80 Å². The van der Waals surface area contributed by atoms with Crippen LogP contribution < -0.4 is 9.46 Å². The Kier molecular flexibility index (Phi) is 7.49. The van der Waals surface area contributed by atoms with Crippen molar-refractivity contribution < 1.29 is 23.1 Å². The Labute approximate surface area is 185 Å². The zero-order valence-corrected chi connectivity index (χ0v) is 19.7. The molecule has 0 spiro atoms. The zero-order chi connectivity index (χ0) is 22.8. The Morgan fingerprint density at radius 1 is 1.32 bits per heavy atom. The molecule has 0 radical (unpaired) electrons. The molecule has 9 heteroatoms. The van der Waals surface area contributed by atoms with Crippen LogP contribution in [0.5, 0.6) is 5.75 Å². The highest BCUT2D eigenvalue weighted by molar-refractivity contribution is 7.92. The van der Waals surface area contributed by atoms with E-state index in [-0.39, 0.29) is 37.0 Å². The molecular weight excluding hydrogens is 418 g/mol. The molecule has 31 heavy (non-hydrogen) atoms. The van der Waals surface area contributed by atoms with Crippen LogP contribution in [0, 0.1) is 11.8 Å². The number of sulfonamides is 1. The molecule has 8 nitrogen and oxygen atoms in total. The molecule has 1 saturated carbocycles. The van der Waals surface area contributed by atoms with Gasteiger partial charge in [0.15, 0.2) is 0 Å². The first-order valence-corrected chi connectivity index (χ1v) is 12.8. The normalized spacial score (nSPS) is 23.4. The van der Waals surface area contributed by atoms with E-state index in [1.54, 1.807) is 23.1 Å². The molecule has 0 unspecified atom stereocenters. The summed E-state index contributed by atoms with van der Waals surface area (Å²) in [5.41, 5.74) is 1.03. The van der Waals surface area contributed by atoms with E-state index in [0.29, 0.717) is 23.5 Å². The number of aliphatic hydroxyl groups is 1. The number of rotatable bonds is 8. The van der Waals surface area contributed by atoms with Crippen molar-refractivity contribution >= 4 is 21.6 Å². The quantitative estimate of drug-likeness (QED) is 0.620. The number of nitrogens with zero attached hydrogens (tertiary/aromatic N) is 2. The smallest absolute Gasteiger partial charge is 0.229 e. The third kappa shape index (κ3) is 6.82. The number of fused-ring (bicyclic) bond motifs is 1. The van der Waals surface area contributed by atoms with Gasteiger partial charge in [0.1, 0.15) is 11.9 Å². The summed E-state index contributed by atoms with van der Waals surface area (Å²) in [5, 5.41) is 9.70. The van der Waals surface area contributed by atoms with Gasteiger partial charge in [-0.3, -0.25) is 9.52 Å². The zero-order valence-electron chi connectivity index (χ0n) is 18.9. The van der Waals surface area contributed by atoms with Crippen LogP contribution in [0.25, 0.3) is 0 Å². The maximum Gasteiger partial charge on any atom is 0.229 e. The fourth-order valence-electron chi connectivity index (χ4n) is 4.05. The van der Waals surface area contributed by atoms with E-state index in [4.69, 9.17) is 4.74 Å². The number of carbonyl (C=O) groups excluding carboxylic acids is 1. The average Bonchev–Trinajstić information content (AvgIpc) is 3.48. The molecular formula is C22H35N3O5S. The van der Waals surface area contributed by atoms with Crippen LogP contribution in [0.4, 0.5) is 5.69 Å². The molecule has 2 aliphatic rings. The maximum atomic E-state index is 13.1. The van der Waals surface area contributed by atoms with Crippen molar-refractivity contribution in [2.75, 3.05) is 44.3 Å². The molecule has 3 atom stereocenters. The van der Waals surface area contributed by atoms with Crippen molar-refractivity contribution in [3.63, 3.8) is 0 Å². The molecule has 0 saturated heterocycles. The first-order valence-electron chi connectivity index (χ1n) is 10.9. The molecule has 1 aromatic carbocycles. The number of nitrogens with one attached hydrogen (secondary N) is 1. The van der Waals surface area contributed by atoms with Crippen LogP contribution in [0.1, 0.15) is 32.3 Å². The topological polar surface area (TPSA) is 99.2 Å². The number of carbonyl (C=O) groups is 1. The van der Waals surface area contributed by atoms with Crippen molar-refractivity contribution in [3.8, 4) is 5.75 Å². The van der Waals surface area contributed by atoms with Gasteiger partial charge in [-0.25, -0.2) is 8.42 Å². The summed E-state index contributed by atoms with van der Waals surface area (Å²) in [6, 6.07) is 4.75. The van der Waals surface area contributed by atoms with Gasteiger partial charge >= 0.3 is 0 Å². The minimum absolute atomic E-state index is 0.0550. The number of hydrogen-bond donors (Lipinski definition) is 2. The average molecular weight is 454 g/mol. The van der Waals surface area contributed by atoms with E-state index in [1.165, 1.54) is 12.8 Å². The summed E-state index contributed by atoms with van der Waals surface area (Å²) in [6.45, 7) is 6.05. The third-order valence-corrected chi connectivity index (χ3v) is 6.58. The van der Waals surface area contributed by atoms with E-state index in [1.807, 2.05) is 6.92 Å². The number of ether oxygens (including phenoxy) is 1. The van der Waals surface area contributed by atoms with Gasteiger partial charge in [-0.15, -0.1) is 0 Å². The van der Waals surface area contributed by atoms with Gasteiger partial charge in [0.2, 0.25) is 15.9 Å². The van der Waals surface area contributed by atoms with Crippen molar-refractivity contribution in [1.29, 1.82) is 0 Å². The number of amides is 1. The number of anilines is 1. The van der Waals surface area contributed by atoms with Gasteiger partial charge < -0.3 is 19.6 Å². The lowest BCUT2D eigenvalue weighted by Gasteiger charge is -2.34. The van der Waals surface area contributed by atoms with Gasteiger partial charge in [-0.1, -0.05) is 6.92 Å². The van der Waals surface area contributed by atoms with E-state index in [0.717, 1.165) is 25.3 Å². The molecule has 1 heterocycles. The second kappa shape index (κ2) is 9.75. The molecule has 174 valence electrons. The second-order valence-corrected chi connectivity index (χ2v) is 11.0. The highest BCUT2D eigenvalue weighted by Gasteiger charge is 2.32. The Balaban J connectivity index is 1.91. The van der Waals surface area contributed by atoms with Crippen LogP contribution in [0.15, 0.2) is 18.2 Å². The Morgan fingerprint density at radius 3 is 2.65 bits per heavy atom. The molecule has 1 aromatic rings. The summed E-state index contributed by atoms with van der Waals surface area (Å²) in [6.07, 6.45) is 3.59. The SMILES string of the molecule is C[C@H](CO)N1C[C@H](C)[C@H](CN(C)CC2CC2)Oc2ccc(NS(C)(=O)=O)cc2CC1=O. The predicted molar refractivity (Wildman–Crippen MR) is 121 cm³/mol. The highest BCUT2D eigenvalue weighted by Crippen LogP contribution is 2.31. The standard InChI is InChI=1S/C22H35N3O5S/c1-15-11-25(16(2)14-26)22(27)10-18-9-19(23-31(4,28)29)7-8-20(18)30-21(15)13-24(3)12-17-5-6-17/h7-9,15-17,21,23,26H,5-6,10-14H2,1-4H3/t15-,16+,21-/m0/s1. The maximum absolute atomic E-state index is 13.1. The first kappa shape index (κ1) is 23.8. The molecule has 0 aromatic heterocycles. The molecule has 1 fully saturated rings. The molecule has 1 aliphatic heterocycles. The van der Waals surface area contributed by atoms with Crippen LogP contribution in [0.2, 0.25) is 0 Å². The van der Waals surface area contributed by atoms with Gasteiger partial charge in [-0.2, -0.15) is 0 Å². The molecule has 1 amide bonds. The van der Waals surface area contributed by atoms with Crippen LogP contribution in [-0.4, -0.2) is 80.9 Å². The van der Waals surface area contributed by atoms with Crippen LogP contribution >= 0.6 is 0 Å². The third-order valence-electron chi connectivity index (χ3n) is 5.98. The van der Waals surface area contributed by atoms with Gasteiger partial charge in [0.25, 0.3) is 0 Å². The lowest BCUT2D eigenvalue weighted by Crippen LogP contribution is -2.47. The predicted octanol–water partition coefficient (Wildman–Crippen LogP) is 1.55. The molecule has 0 bridgehead atoms. The van der Waals surface area contributed by atoms with Crippen LogP contribution in [0.3, 0.4) is 0 Å². The Bertz CT molecular complexity index is 887. The summed E-state index contributed by atoms with van der Waals surface area (Å²) in [4.78, 5) is 17.1. The van der Waals surface area contributed by atoms with Crippen LogP contribution in [-0.2, 0) is 21.2 Å². The first-order chi connectivity index (χ1) is 14.6. The fourth-order valence-corrected chi connectivity index (χ4v) is 4.60. The van der Waals surface area contributed by atoms with E-state index >= 15 is 0 Å². The largest absolute Gasteiger partial charge is 0.488 e. The molecule has 3 rings (SSSR count). The lowest BCUT2D eigenvalue weighted by atomic mass is 10.0. The monoisotopic (exact) mass is 453 g/mol. The number of likely N-dealkylation sites (N-methyl/N-ethyl adjacent to an activating group) is 1. The number of benzene rings is 1. The second-order valence-electron chi connectivity index (χ2n) is 9.25. The number of hydrogen-bond acceptors (Lipinski definition) is 6. The van der Waals surface area contributed by atoms with E-state index in [9.17, 15) is 18.3 Å². The van der Waals surface area contributed by atoms with Gasteiger partial charge in [-0.05, 0) is 50.9 Å². The lowest BCUT2D eigenvalue weighted by molar-refractivity contribution is -0.134. The van der Waals surface area contributed by atoms with E-state index < -0.39 is 10.0 Å². The Morgan fingerprint density at radius 2 is 2.03 bits per heavy atom. The minimum atomic E-state index is -3.44. The molecule has 2 N–H and O–H groups in total.